The number of amides is 2. The van der Waals surface area contributed by atoms with Gasteiger partial charge in [0.2, 0.25) is 11.8 Å². The third-order valence-electron chi connectivity index (χ3n) is 4.39. The maximum Gasteiger partial charge on any atom is 0.237 e. The predicted octanol–water partition coefficient (Wildman–Crippen LogP) is 1.00. The maximum atomic E-state index is 12.5. The van der Waals surface area contributed by atoms with E-state index in [2.05, 4.69) is 10.2 Å². The summed E-state index contributed by atoms with van der Waals surface area (Å²) in [6.07, 6.45) is 3.55. The fraction of sp³-hybridized carbons (Fsp3) is 0.882. The van der Waals surface area contributed by atoms with Crippen LogP contribution in [0.5, 0.6) is 0 Å². The fourth-order valence-corrected chi connectivity index (χ4v) is 3.22. The molecule has 2 fully saturated rings. The average molecular weight is 325 g/mol. The van der Waals surface area contributed by atoms with Crippen molar-refractivity contribution in [2.24, 2.45) is 0 Å². The van der Waals surface area contributed by atoms with Crippen molar-refractivity contribution in [3.8, 4) is 0 Å². The van der Waals surface area contributed by atoms with Crippen LogP contribution in [-0.4, -0.2) is 72.6 Å². The highest BCUT2D eigenvalue weighted by atomic mass is 16.5. The molecule has 2 aliphatic heterocycles. The van der Waals surface area contributed by atoms with Crippen LogP contribution in [0.2, 0.25) is 0 Å². The number of hydrogen-bond donors (Lipinski definition) is 1. The SMILES string of the molecule is CC(C)(C)NC(=O)[C@@H]1CCCCN1CCC(=O)N1CCOCC1. The largest absolute Gasteiger partial charge is 0.378 e. The second kappa shape index (κ2) is 8.11. The molecule has 0 aliphatic carbocycles. The fourth-order valence-electron chi connectivity index (χ4n) is 3.22. The van der Waals surface area contributed by atoms with Gasteiger partial charge in [-0.15, -0.1) is 0 Å². The highest BCUT2D eigenvalue weighted by Gasteiger charge is 2.31. The second-order valence-electron chi connectivity index (χ2n) is 7.53. The molecule has 2 heterocycles. The third kappa shape index (κ3) is 5.77. The first-order chi connectivity index (χ1) is 10.9. The van der Waals surface area contributed by atoms with E-state index in [0.717, 1.165) is 25.8 Å². The van der Waals surface area contributed by atoms with Crippen molar-refractivity contribution in [1.29, 1.82) is 0 Å². The molecule has 0 aromatic carbocycles. The standard InChI is InChI=1S/C17H31N3O3/c1-17(2,3)18-16(22)14-6-4-5-8-19(14)9-7-15(21)20-10-12-23-13-11-20/h14H,4-13H2,1-3H3,(H,18,22)/t14-/m0/s1. The number of likely N-dealkylation sites (tertiary alicyclic amines) is 1. The molecule has 2 saturated heterocycles. The van der Waals surface area contributed by atoms with Gasteiger partial charge in [0.15, 0.2) is 0 Å². The molecule has 0 unspecified atom stereocenters. The Balaban J connectivity index is 1.85. The number of piperidine rings is 1. The van der Waals surface area contributed by atoms with Gasteiger partial charge in [0, 0.05) is 31.6 Å². The molecule has 6 heteroatoms. The molecule has 6 nitrogen and oxygen atoms in total. The van der Waals surface area contributed by atoms with Gasteiger partial charge < -0.3 is 15.0 Å². The molecule has 2 aliphatic rings. The monoisotopic (exact) mass is 325 g/mol. The molecule has 1 N–H and O–H groups in total. The predicted molar refractivity (Wildman–Crippen MR) is 89.1 cm³/mol. The van der Waals surface area contributed by atoms with E-state index < -0.39 is 0 Å². The smallest absolute Gasteiger partial charge is 0.237 e. The Labute approximate surface area is 139 Å². The average Bonchev–Trinajstić information content (AvgIpc) is 2.52. The van der Waals surface area contributed by atoms with E-state index in [0.29, 0.717) is 39.3 Å². The normalized spacial score (nSPS) is 23.6. The van der Waals surface area contributed by atoms with Crippen LogP contribution in [0.15, 0.2) is 0 Å². The first-order valence-electron chi connectivity index (χ1n) is 8.78. The van der Waals surface area contributed by atoms with Gasteiger partial charge in [-0.2, -0.15) is 0 Å². The van der Waals surface area contributed by atoms with Crippen molar-refractivity contribution in [2.45, 2.75) is 58.0 Å². The molecule has 132 valence electrons. The van der Waals surface area contributed by atoms with Crippen molar-refractivity contribution in [1.82, 2.24) is 15.1 Å². The van der Waals surface area contributed by atoms with Crippen LogP contribution in [-0.2, 0) is 14.3 Å². The summed E-state index contributed by atoms with van der Waals surface area (Å²) < 4.78 is 5.28. The van der Waals surface area contributed by atoms with Crippen LogP contribution in [0.25, 0.3) is 0 Å². The summed E-state index contributed by atoms with van der Waals surface area (Å²) in [4.78, 5) is 28.9. The molecular formula is C17H31N3O3. The van der Waals surface area contributed by atoms with Crippen LogP contribution in [0.3, 0.4) is 0 Å². The Morgan fingerprint density at radius 2 is 1.83 bits per heavy atom. The van der Waals surface area contributed by atoms with Crippen molar-refractivity contribution >= 4 is 11.8 Å². The second-order valence-corrected chi connectivity index (χ2v) is 7.53. The highest BCUT2D eigenvalue weighted by Crippen LogP contribution is 2.18. The third-order valence-corrected chi connectivity index (χ3v) is 4.39. The van der Waals surface area contributed by atoms with Gasteiger partial charge in [0.1, 0.15) is 0 Å². The molecule has 0 aromatic heterocycles. The minimum absolute atomic E-state index is 0.0935. The molecule has 0 bridgehead atoms. The van der Waals surface area contributed by atoms with E-state index >= 15 is 0 Å². The number of morpholine rings is 1. The minimum atomic E-state index is -0.218. The lowest BCUT2D eigenvalue weighted by molar-refractivity contribution is -0.137. The topological polar surface area (TPSA) is 61.9 Å². The Hall–Kier alpha value is -1.14. The van der Waals surface area contributed by atoms with Crippen molar-refractivity contribution in [2.75, 3.05) is 39.4 Å². The summed E-state index contributed by atoms with van der Waals surface area (Å²) >= 11 is 0. The van der Waals surface area contributed by atoms with E-state index in [1.807, 2.05) is 25.7 Å². The summed E-state index contributed by atoms with van der Waals surface area (Å²) in [6, 6.07) is -0.0968. The van der Waals surface area contributed by atoms with E-state index in [1.165, 1.54) is 0 Å². The summed E-state index contributed by atoms with van der Waals surface area (Å²) in [5, 5.41) is 3.08. The quantitative estimate of drug-likeness (QED) is 0.838. The number of nitrogens with zero attached hydrogens (tertiary/aromatic N) is 2. The van der Waals surface area contributed by atoms with Crippen LogP contribution in [0.4, 0.5) is 0 Å². The van der Waals surface area contributed by atoms with E-state index in [4.69, 9.17) is 4.74 Å². The lowest BCUT2D eigenvalue weighted by atomic mass is 9.99. The highest BCUT2D eigenvalue weighted by molar-refractivity contribution is 5.82. The molecule has 2 amide bonds. The zero-order valence-corrected chi connectivity index (χ0v) is 14.8. The van der Waals surface area contributed by atoms with Crippen LogP contribution in [0.1, 0.15) is 46.5 Å². The van der Waals surface area contributed by atoms with Crippen molar-refractivity contribution in [3.63, 3.8) is 0 Å². The Bertz CT molecular complexity index is 414. The maximum absolute atomic E-state index is 12.5. The first-order valence-corrected chi connectivity index (χ1v) is 8.78. The molecule has 0 spiro atoms. The van der Waals surface area contributed by atoms with Gasteiger partial charge in [0.25, 0.3) is 0 Å². The Morgan fingerprint density at radius 1 is 1.13 bits per heavy atom. The number of ether oxygens (including phenoxy) is 1. The van der Waals surface area contributed by atoms with Crippen LogP contribution < -0.4 is 5.32 Å². The number of hydrogen-bond acceptors (Lipinski definition) is 4. The number of carbonyl (C=O) groups is 2. The van der Waals surface area contributed by atoms with E-state index in [9.17, 15) is 9.59 Å². The van der Waals surface area contributed by atoms with Gasteiger partial charge in [0.05, 0.1) is 19.3 Å². The molecule has 0 radical (unpaired) electrons. The van der Waals surface area contributed by atoms with Crippen LogP contribution in [0, 0.1) is 0 Å². The molecule has 1 atom stereocenters. The van der Waals surface area contributed by atoms with Crippen molar-refractivity contribution < 1.29 is 14.3 Å². The van der Waals surface area contributed by atoms with Gasteiger partial charge in [-0.05, 0) is 40.2 Å². The summed E-state index contributed by atoms with van der Waals surface area (Å²) in [5.74, 6) is 0.268. The zero-order chi connectivity index (χ0) is 16.9. The van der Waals surface area contributed by atoms with Gasteiger partial charge in [-0.1, -0.05) is 6.42 Å². The summed E-state index contributed by atoms with van der Waals surface area (Å²) in [5.41, 5.74) is -0.218. The van der Waals surface area contributed by atoms with Crippen LogP contribution >= 0.6 is 0 Å². The minimum Gasteiger partial charge on any atom is -0.378 e. The van der Waals surface area contributed by atoms with Gasteiger partial charge in [-0.25, -0.2) is 0 Å². The Kier molecular flexibility index (Phi) is 6.41. The number of rotatable bonds is 4. The Morgan fingerprint density at radius 3 is 2.48 bits per heavy atom. The molecule has 0 saturated carbocycles. The lowest BCUT2D eigenvalue weighted by Gasteiger charge is -2.36. The number of carbonyl (C=O) groups excluding carboxylic acids is 2. The molecular weight excluding hydrogens is 294 g/mol. The summed E-state index contributed by atoms with van der Waals surface area (Å²) in [7, 11) is 0. The first kappa shape index (κ1) is 18.2. The molecule has 0 aromatic rings. The van der Waals surface area contributed by atoms with E-state index in [1.54, 1.807) is 0 Å². The number of nitrogens with one attached hydrogen (secondary N) is 1. The lowest BCUT2D eigenvalue weighted by Crippen LogP contribution is -2.54. The zero-order valence-electron chi connectivity index (χ0n) is 14.8. The summed E-state index contributed by atoms with van der Waals surface area (Å²) in [6.45, 7) is 10.2. The van der Waals surface area contributed by atoms with Gasteiger partial charge in [-0.3, -0.25) is 14.5 Å². The van der Waals surface area contributed by atoms with Gasteiger partial charge >= 0.3 is 0 Å². The van der Waals surface area contributed by atoms with E-state index in [-0.39, 0.29) is 23.4 Å². The molecule has 23 heavy (non-hydrogen) atoms. The molecule has 2 rings (SSSR count). The van der Waals surface area contributed by atoms with Crippen molar-refractivity contribution in [3.05, 3.63) is 0 Å².